The van der Waals surface area contributed by atoms with E-state index >= 15 is 0 Å². The van der Waals surface area contributed by atoms with Gasteiger partial charge < -0.3 is 11.1 Å². The molecule has 4 nitrogen and oxygen atoms in total. The Morgan fingerprint density at radius 2 is 1.86 bits per heavy atom. The Morgan fingerprint density at radius 1 is 1.14 bits per heavy atom. The summed E-state index contributed by atoms with van der Waals surface area (Å²) >= 11 is 0. The van der Waals surface area contributed by atoms with E-state index in [4.69, 9.17) is 5.73 Å². The Labute approximate surface area is 124 Å². The standard InChI is InChI=1S/C17H21N3O/c18-16-14-10-6-5-7-12(14)11-15(20-16)17(21)19-13-8-3-1-2-4-9-13/h5-7,10-11,13H,1-4,8-9H2,(H2,18,20)(H,19,21). The molecule has 0 spiro atoms. The maximum atomic E-state index is 12.4. The lowest BCUT2D eigenvalue weighted by Crippen LogP contribution is -2.35. The summed E-state index contributed by atoms with van der Waals surface area (Å²) in [5.41, 5.74) is 6.37. The van der Waals surface area contributed by atoms with Crippen LogP contribution in [0.15, 0.2) is 30.3 Å². The average molecular weight is 283 g/mol. The fraction of sp³-hybridized carbons (Fsp3) is 0.412. The molecule has 1 heterocycles. The molecule has 1 fully saturated rings. The number of nitrogens with zero attached hydrogens (tertiary/aromatic N) is 1. The first kappa shape index (κ1) is 13.9. The SMILES string of the molecule is Nc1nc(C(=O)NC2CCCCCC2)cc2ccccc12. The second kappa shape index (κ2) is 6.12. The number of rotatable bonds is 2. The van der Waals surface area contributed by atoms with Gasteiger partial charge in [0.1, 0.15) is 11.5 Å². The van der Waals surface area contributed by atoms with Crippen molar-refractivity contribution >= 4 is 22.5 Å². The highest BCUT2D eigenvalue weighted by atomic mass is 16.1. The molecular weight excluding hydrogens is 262 g/mol. The number of nitrogens with one attached hydrogen (secondary N) is 1. The molecule has 0 radical (unpaired) electrons. The first-order valence-corrected chi connectivity index (χ1v) is 7.70. The number of fused-ring (bicyclic) bond motifs is 1. The summed E-state index contributed by atoms with van der Waals surface area (Å²) in [4.78, 5) is 16.6. The first-order valence-electron chi connectivity index (χ1n) is 7.70. The molecule has 1 aliphatic carbocycles. The van der Waals surface area contributed by atoms with Gasteiger partial charge in [-0.2, -0.15) is 0 Å². The van der Waals surface area contributed by atoms with Crippen molar-refractivity contribution in [2.45, 2.75) is 44.6 Å². The van der Waals surface area contributed by atoms with Crippen LogP contribution >= 0.6 is 0 Å². The third kappa shape index (κ3) is 3.15. The van der Waals surface area contributed by atoms with Crippen LogP contribution in [0, 0.1) is 0 Å². The van der Waals surface area contributed by atoms with Crippen LogP contribution in [0.25, 0.3) is 10.8 Å². The largest absolute Gasteiger partial charge is 0.383 e. The van der Waals surface area contributed by atoms with Gasteiger partial charge in [-0.05, 0) is 24.3 Å². The molecule has 3 N–H and O–H groups in total. The predicted octanol–water partition coefficient (Wildman–Crippen LogP) is 3.27. The number of pyridine rings is 1. The van der Waals surface area contributed by atoms with E-state index in [9.17, 15) is 4.79 Å². The summed E-state index contributed by atoms with van der Waals surface area (Å²) < 4.78 is 0. The van der Waals surface area contributed by atoms with Crippen LogP contribution < -0.4 is 11.1 Å². The van der Waals surface area contributed by atoms with Crippen LogP contribution in [0.5, 0.6) is 0 Å². The molecule has 0 bridgehead atoms. The number of carbonyl (C=O) groups excluding carboxylic acids is 1. The normalized spacial score (nSPS) is 16.6. The lowest BCUT2D eigenvalue weighted by molar-refractivity contribution is 0.0928. The van der Waals surface area contributed by atoms with E-state index in [-0.39, 0.29) is 11.9 Å². The van der Waals surface area contributed by atoms with E-state index in [1.807, 2.05) is 30.3 Å². The van der Waals surface area contributed by atoms with Gasteiger partial charge in [-0.1, -0.05) is 49.9 Å². The quantitative estimate of drug-likeness (QED) is 0.831. The highest BCUT2D eigenvalue weighted by molar-refractivity contribution is 5.99. The Morgan fingerprint density at radius 3 is 2.62 bits per heavy atom. The number of anilines is 1. The van der Waals surface area contributed by atoms with Crippen LogP contribution in [0.1, 0.15) is 49.0 Å². The number of nitrogens with two attached hydrogens (primary N) is 1. The number of amides is 1. The van der Waals surface area contributed by atoms with Gasteiger partial charge in [0, 0.05) is 11.4 Å². The molecule has 1 saturated carbocycles. The van der Waals surface area contributed by atoms with E-state index in [1.165, 1.54) is 25.7 Å². The van der Waals surface area contributed by atoms with Crippen molar-refractivity contribution in [2.24, 2.45) is 0 Å². The fourth-order valence-electron chi connectivity index (χ4n) is 3.03. The molecule has 21 heavy (non-hydrogen) atoms. The van der Waals surface area contributed by atoms with Crippen molar-refractivity contribution in [3.05, 3.63) is 36.0 Å². The van der Waals surface area contributed by atoms with E-state index < -0.39 is 0 Å². The highest BCUT2D eigenvalue weighted by Gasteiger charge is 2.17. The van der Waals surface area contributed by atoms with Crippen molar-refractivity contribution < 1.29 is 4.79 Å². The van der Waals surface area contributed by atoms with Crippen molar-refractivity contribution in [2.75, 3.05) is 5.73 Å². The van der Waals surface area contributed by atoms with Crippen molar-refractivity contribution in [1.82, 2.24) is 10.3 Å². The summed E-state index contributed by atoms with van der Waals surface area (Å²) in [7, 11) is 0. The summed E-state index contributed by atoms with van der Waals surface area (Å²) in [6.07, 6.45) is 7.06. The maximum Gasteiger partial charge on any atom is 0.270 e. The van der Waals surface area contributed by atoms with Gasteiger partial charge in [-0.25, -0.2) is 4.98 Å². The van der Waals surface area contributed by atoms with E-state index in [0.717, 1.165) is 23.6 Å². The van der Waals surface area contributed by atoms with E-state index in [2.05, 4.69) is 10.3 Å². The number of nitrogen functional groups attached to an aromatic ring is 1. The second-order valence-electron chi connectivity index (χ2n) is 5.78. The smallest absolute Gasteiger partial charge is 0.270 e. The Kier molecular flexibility index (Phi) is 4.04. The molecule has 3 rings (SSSR count). The Balaban J connectivity index is 1.80. The van der Waals surface area contributed by atoms with Crippen molar-refractivity contribution in [3.63, 3.8) is 0 Å². The van der Waals surface area contributed by atoms with Gasteiger partial charge in [0.25, 0.3) is 5.91 Å². The highest BCUT2D eigenvalue weighted by Crippen LogP contribution is 2.21. The molecule has 110 valence electrons. The van der Waals surface area contributed by atoms with Gasteiger partial charge in [0.05, 0.1) is 0 Å². The molecule has 0 unspecified atom stereocenters. The number of carbonyl (C=O) groups is 1. The molecule has 0 atom stereocenters. The monoisotopic (exact) mass is 283 g/mol. The third-order valence-corrected chi connectivity index (χ3v) is 4.19. The van der Waals surface area contributed by atoms with E-state index in [1.54, 1.807) is 0 Å². The molecule has 0 saturated heterocycles. The summed E-state index contributed by atoms with van der Waals surface area (Å²) in [5, 5.41) is 4.96. The minimum absolute atomic E-state index is 0.112. The zero-order valence-corrected chi connectivity index (χ0v) is 12.1. The van der Waals surface area contributed by atoms with E-state index in [0.29, 0.717) is 11.5 Å². The zero-order valence-electron chi connectivity index (χ0n) is 12.1. The first-order chi connectivity index (χ1) is 10.2. The van der Waals surface area contributed by atoms with Crippen LogP contribution in [-0.4, -0.2) is 16.9 Å². The van der Waals surface area contributed by atoms with Gasteiger partial charge >= 0.3 is 0 Å². The molecule has 1 aliphatic rings. The average Bonchev–Trinajstić information content (AvgIpc) is 2.76. The Hall–Kier alpha value is -2.10. The number of hydrogen-bond acceptors (Lipinski definition) is 3. The fourth-order valence-corrected chi connectivity index (χ4v) is 3.03. The molecule has 1 aromatic carbocycles. The lowest BCUT2D eigenvalue weighted by atomic mass is 10.1. The molecule has 0 aliphatic heterocycles. The summed E-state index contributed by atoms with van der Waals surface area (Å²) in [6.45, 7) is 0. The molecule has 4 heteroatoms. The van der Waals surface area contributed by atoms with Gasteiger partial charge in [-0.3, -0.25) is 4.79 Å². The summed E-state index contributed by atoms with van der Waals surface area (Å²) in [5.74, 6) is 0.304. The topological polar surface area (TPSA) is 68.0 Å². The minimum Gasteiger partial charge on any atom is -0.383 e. The maximum absolute atomic E-state index is 12.4. The summed E-state index contributed by atoms with van der Waals surface area (Å²) in [6, 6.07) is 9.83. The Bertz CT molecular complexity index is 646. The second-order valence-corrected chi connectivity index (χ2v) is 5.78. The molecule has 1 aromatic heterocycles. The van der Waals surface area contributed by atoms with Crippen molar-refractivity contribution in [1.29, 1.82) is 0 Å². The third-order valence-electron chi connectivity index (χ3n) is 4.19. The minimum atomic E-state index is -0.112. The number of hydrogen-bond donors (Lipinski definition) is 2. The van der Waals surface area contributed by atoms with Gasteiger partial charge in [0.15, 0.2) is 0 Å². The molecule has 2 aromatic rings. The van der Waals surface area contributed by atoms with Crippen LogP contribution in [0.2, 0.25) is 0 Å². The number of benzene rings is 1. The van der Waals surface area contributed by atoms with Crippen LogP contribution in [-0.2, 0) is 0 Å². The molecular formula is C17H21N3O. The van der Waals surface area contributed by atoms with Crippen molar-refractivity contribution in [3.8, 4) is 0 Å². The van der Waals surface area contributed by atoms with Crippen LogP contribution in [0.4, 0.5) is 5.82 Å². The zero-order chi connectivity index (χ0) is 14.7. The van der Waals surface area contributed by atoms with Crippen LogP contribution in [0.3, 0.4) is 0 Å². The van der Waals surface area contributed by atoms with Gasteiger partial charge in [-0.15, -0.1) is 0 Å². The lowest BCUT2D eigenvalue weighted by Gasteiger charge is -2.16. The molecule has 1 amide bonds. The number of aromatic nitrogens is 1. The van der Waals surface area contributed by atoms with Gasteiger partial charge in [0.2, 0.25) is 0 Å². The predicted molar refractivity (Wildman–Crippen MR) is 85.1 cm³/mol.